The zero-order chi connectivity index (χ0) is 70.3. The first-order valence-electron chi connectivity index (χ1n) is 36.7. The lowest BCUT2D eigenvalue weighted by Gasteiger charge is -2.46. The predicted molar refractivity (Wildman–Crippen MR) is 450 cm³/mol. The number of aromatic nitrogens is 1. The van der Waals surface area contributed by atoms with Gasteiger partial charge in [-0.1, -0.05) is 351 Å². The van der Waals surface area contributed by atoms with Gasteiger partial charge < -0.3 is 14.4 Å². The van der Waals surface area contributed by atoms with Gasteiger partial charge in [-0.05, 0) is 163 Å². The Morgan fingerprint density at radius 3 is 1.00 bits per heavy atom. The molecule has 0 spiro atoms. The molecule has 498 valence electrons. The molecule has 0 bridgehead atoms. The minimum atomic E-state index is -3.16. The highest BCUT2D eigenvalue weighted by Gasteiger charge is 2.49. The molecule has 15 aromatic carbocycles. The summed E-state index contributed by atoms with van der Waals surface area (Å²) in [6.45, 7) is 13.8. The summed E-state index contributed by atoms with van der Waals surface area (Å²) in [4.78, 5) is 5.35. The third-order valence-electron chi connectivity index (χ3n) is 22.4. The highest BCUT2D eigenvalue weighted by atomic mass is 28.3. The molecule has 0 fully saturated rings. The van der Waals surface area contributed by atoms with Gasteiger partial charge in [0.25, 0.3) is 6.71 Å². The SMILES string of the molecule is CC(C)(C)c1ccc2c(c1)c1cc(C(C)(C)C)ccc1n2-c1cc2c3c(c1)N(c1ccccc1-c1ccccc1)c1cc([Si](c4ccccc4)(c4ccccc4)c4ccccc4)ccc1B3c1ccc([Si](c3ccccc3)(c3ccccc3)c3ccccc3)cc1N2c1ccc(-c2ccccc2)cc1. The molecule has 2 aliphatic heterocycles. The maximum absolute atomic E-state index is 3.16. The molecular formula is C98H80BN3Si2. The van der Waals surface area contributed by atoms with Crippen molar-refractivity contribution in [2.75, 3.05) is 9.80 Å². The smallest absolute Gasteiger partial charge is 0.252 e. The van der Waals surface area contributed by atoms with E-state index in [9.17, 15) is 0 Å². The predicted octanol–water partition coefficient (Wildman–Crippen LogP) is 17.6. The quantitative estimate of drug-likeness (QED) is 0.0842. The molecule has 3 heterocycles. The van der Waals surface area contributed by atoms with Crippen LogP contribution < -0.4 is 67.7 Å². The Morgan fingerprint density at radius 1 is 0.250 bits per heavy atom. The van der Waals surface area contributed by atoms with E-state index in [1.54, 1.807) is 0 Å². The van der Waals surface area contributed by atoms with Crippen LogP contribution >= 0.6 is 0 Å². The molecule has 16 aromatic rings. The van der Waals surface area contributed by atoms with Gasteiger partial charge in [0.2, 0.25) is 0 Å². The fourth-order valence-corrected chi connectivity index (χ4v) is 27.0. The summed E-state index contributed by atoms with van der Waals surface area (Å²) < 4.78 is 2.60. The van der Waals surface area contributed by atoms with E-state index in [0.29, 0.717) is 0 Å². The largest absolute Gasteiger partial charge is 0.311 e. The molecule has 104 heavy (non-hydrogen) atoms. The van der Waals surface area contributed by atoms with Crippen LogP contribution in [0.15, 0.2) is 376 Å². The highest BCUT2D eigenvalue weighted by molar-refractivity contribution is 7.20. The van der Waals surface area contributed by atoms with Crippen molar-refractivity contribution in [1.82, 2.24) is 4.57 Å². The summed E-state index contributed by atoms with van der Waals surface area (Å²) in [6, 6.07) is 144. The second-order valence-electron chi connectivity index (χ2n) is 30.3. The normalized spacial score (nSPS) is 12.8. The fourth-order valence-electron chi connectivity index (χ4n) is 17.4. The zero-order valence-corrected chi connectivity index (χ0v) is 61.7. The molecule has 6 heteroatoms. The molecular weight excluding hydrogens is 1290 g/mol. The van der Waals surface area contributed by atoms with Crippen LogP contribution in [-0.2, 0) is 10.8 Å². The molecule has 0 N–H and O–H groups in total. The average molecular weight is 1370 g/mol. The number of hydrogen-bond acceptors (Lipinski definition) is 2. The van der Waals surface area contributed by atoms with Crippen molar-refractivity contribution < 1.29 is 0 Å². The van der Waals surface area contributed by atoms with Gasteiger partial charge in [0.05, 0.1) is 22.4 Å². The molecule has 18 rings (SSSR count). The minimum absolute atomic E-state index is 0.0824. The third kappa shape index (κ3) is 10.5. The molecule has 0 atom stereocenters. The van der Waals surface area contributed by atoms with Gasteiger partial charge in [0.15, 0.2) is 16.1 Å². The van der Waals surface area contributed by atoms with Crippen LogP contribution in [0.2, 0.25) is 0 Å². The Bertz CT molecular complexity index is 5590. The monoisotopic (exact) mass is 1370 g/mol. The van der Waals surface area contributed by atoms with Crippen LogP contribution in [0.4, 0.5) is 34.1 Å². The van der Waals surface area contributed by atoms with Crippen molar-refractivity contribution in [3.63, 3.8) is 0 Å². The van der Waals surface area contributed by atoms with Crippen molar-refractivity contribution in [2.45, 2.75) is 52.4 Å². The number of anilines is 6. The molecule has 2 aliphatic rings. The molecule has 0 saturated heterocycles. The second kappa shape index (κ2) is 25.6. The Kier molecular flexibility index (Phi) is 15.8. The van der Waals surface area contributed by atoms with Gasteiger partial charge in [0, 0.05) is 44.8 Å². The van der Waals surface area contributed by atoms with Crippen molar-refractivity contribution in [2.24, 2.45) is 0 Å². The molecule has 1 aromatic heterocycles. The number of benzene rings is 15. The van der Waals surface area contributed by atoms with Crippen molar-refractivity contribution >= 4 is 137 Å². The first-order chi connectivity index (χ1) is 50.9. The summed E-state index contributed by atoms with van der Waals surface area (Å²) in [6.07, 6.45) is 0. The molecule has 0 amide bonds. The number of hydrogen-bond donors (Lipinski definition) is 0. The van der Waals surface area contributed by atoms with Gasteiger partial charge in [0.1, 0.15) is 0 Å². The highest BCUT2D eigenvalue weighted by Crippen LogP contribution is 2.49. The van der Waals surface area contributed by atoms with E-state index in [2.05, 4.69) is 432 Å². The van der Waals surface area contributed by atoms with E-state index in [1.165, 1.54) is 102 Å². The Morgan fingerprint density at radius 2 is 0.596 bits per heavy atom. The van der Waals surface area contributed by atoms with Gasteiger partial charge in [-0.2, -0.15) is 0 Å². The van der Waals surface area contributed by atoms with Crippen molar-refractivity contribution in [3.05, 3.63) is 387 Å². The summed E-state index contributed by atoms with van der Waals surface area (Å²) in [7, 11) is -6.30. The summed E-state index contributed by atoms with van der Waals surface area (Å²) >= 11 is 0. The molecule has 0 radical (unpaired) electrons. The minimum Gasteiger partial charge on any atom is -0.311 e. The van der Waals surface area contributed by atoms with Crippen LogP contribution in [0.25, 0.3) is 49.7 Å². The van der Waals surface area contributed by atoms with E-state index < -0.39 is 16.1 Å². The molecule has 0 aliphatic carbocycles. The summed E-state index contributed by atoms with van der Waals surface area (Å²) in [5, 5.41) is 13.1. The molecule has 0 unspecified atom stereocenters. The fraction of sp³-hybridized carbons (Fsp3) is 0.0816. The Balaban J connectivity index is 1.02. The van der Waals surface area contributed by atoms with E-state index in [-0.39, 0.29) is 17.5 Å². The lowest BCUT2D eigenvalue weighted by Crippen LogP contribution is -2.75. The van der Waals surface area contributed by atoms with Gasteiger partial charge in [-0.15, -0.1) is 0 Å². The van der Waals surface area contributed by atoms with E-state index >= 15 is 0 Å². The maximum atomic E-state index is 2.69. The third-order valence-corrected chi connectivity index (χ3v) is 31.9. The van der Waals surface area contributed by atoms with Gasteiger partial charge in [-0.25, -0.2) is 0 Å². The van der Waals surface area contributed by atoms with Crippen molar-refractivity contribution in [1.29, 1.82) is 0 Å². The first-order valence-corrected chi connectivity index (χ1v) is 40.7. The Hall–Kier alpha value is -11.8. The lowest BCUT2D eigenvalue weighted by atomic mass is 9.33. The van der Waals surface area contributed by atoms with Gasteiger partial charge >= 0.3 is 0 Å². The average Bonchev–Trinajstić information content (AvgIpc) is 0.752. The standard InChI is InChI=1S/C98H80BN3Si2/c1-97(2,3)72-53-61-90-85(63-72)86-64-73(98(4,5)6)54-62-91(86)101(90)75-65-94-96-95(66-75)102(89-50-32-31-49-84(89)71-35-17-8-18-36-71)93-68-83(104(79-43-25-12-26-44-79,80-45-27-13-28-46-80)81-47-29-14-30-48-81)58-60-88(93)99(96)87-59-57-82(67-92(87)100(94)74-55-51-70(52-56-74)69-33-15-7-16-34-69)103(76-37-19-9-20-38-76,77-39-21-10-22-40-77)78-41-23-11-24-42-78/h7-68H,1-6H3. The van der Waals surface area contributed by atoms with Crippen LogP contribution in [-0.4, -0.2) is 27.4 Å². The van der Waals surface area contributed by atoms with Crippen LogP contribution in [0.3, 0.4) is 0 Å². The van der Waals surface area contributed by atoms with Crippen LogP contribution in [0, 0.1) is 0 Å². The number of rotatable bonds is 13. The van der Waals surface area contributed by atoms with E-state index in [4.69, 9.17) is 0 Å². The van der Waals surface area contributed by atoms with Crippen molar-refractivity contribution in [3.8, 4) is 27.9 Å². The van der Waals surface area contributed by atoms with E-state index in [0.717, 1.165) is 50.9 Å². The van der Waals surface area contributed by atoms with Crippen LogP contribution in [0.1, 0.15) is 52.7 Å². The molecule has 0 saturated carbocycles. The number of nitrogens with zero attached hydrogens (tertiary/aromatic N) is 3. The van der Waals surface area contributed by atoms with Gasteiger partial charge in [-0.3, -0.25) is 0 Å². The first kappa shape index (κ1) is 64.3. The van der Waals surface area contributed by atoms with Crippen LogP contribution in [0.5, 0.6) is 0 Å². The Labute approximate surface area is 614 Å². The molecule has 3 nitrogen and oxygen atoms in total. The number of fused-ring (bicyclic) bond motifs is 7. The maximum Gasteiger partial charge on any atom is 0.252 e. The van der Waals surface area contributed by atoms with E-state index in [1.807, 2.05) is 0 Å². The second-order valence-corrected chi connectivity index (χ2v) is 38.0. The number of para-hydroxylation sites is 1. The summed E-state index contributed by atoms with van der Waals surface area (Å²) in [5.41, 5.74) is 21.1. The topological polar surface area (TPSA) is 11.4 Å². The zero-order valence-electron chi connectivity index (χ0n) is 59.7. The lowest BCUT2D eigenvalue weighted by molar-refractivity contribution is 0.590. The summed E-state index contributed by atoms with van der Waals surface area (Å²) in [5.74, 6) is 0.